The van der Waals surface area contributed by atoms with Crippen LogP contribution in [0, 0.1) is 18.6 Å². The molecule has 6 heterocycles. The molecule has 1 N–H and O–H groups in total. The van der Waals surface area contributed by atoms with E-state index in [4.69, 9.17) is 9.40 Å². The molecule has 2 aliphatic heterocycles. The lowest BCUT2D eigenvalue weighted by molar-refractivity contribution is 0.0776. The topological polar surface area (TPSA) is 119 Å². The Morgan fingerprint density at radius 1 is 1.09 bits per heavy atom. The SMILES string of the molecule is Cc1nnc(-c2c(CCc3cnn(C)c3)nc3c(c2-c2ccc(C(=O)NCc4ccc(F)c(F)c4)s2)C(=O)N2CCC[C@@H]32)o1. The van der Waals surface area contributed by atoms with Gasteiger partial charge in [-0.15, -0.1) is 21.5 Å². The highest BCUT2D eigenvalue weighted by Crippen LogP contribution is 2.49. The summed E-state index contributed by atoms with van der Waals surface area (Å²) in [5.41, 5.74) is 4.65. The van der Waals surface area contributed by atoms with E-state index in [1.54, 1.807) is 23.7 Å². The molecule has 2 aliphatic rings. The zero-order chi connectivity index (χ0) is 30.5. The van der Waals surface area contributed by atoms with Crippen LogP contribution in [-0.4, -0.2) is 48.2 Å². The van der Waals surface area contributed by atoms with Gasteiger partial charge in [0, 0.05) is 43.7 Å². The average molecular weight is 616 g/mol. The molecule has 0 spiro atoms. The van der Waals surface area contributed by atoms with Crippen molar-refractivity contribution in [3.05, 3.63) is 93.2 Å². The number of carbonyl (C=O) groups is 2. The second-order valence-corrected chi connectivity index (χ2v) is 12.1. The van der Waals surface area contributed by atoms with Crippen molar-refractivity contribution < 1.29 is 22.8 Å². The fourth-order valence-electron chi connectivity index (χ4n) is 5.98. The predicted octanol–water partition coefficient (Wildman–Crippen LogP) is 5.19. The van der Waals surface area contributed by atoms with Gasteiger partial charge >= 0.3 is 0 Å². The summed E-state index contributed by atoms with van der Waals surface area (Å²) in [5, 5.41) is 15.4. The molecule has 5 aromatic rings. The number of amides is 2. The Bertz CT molecular complexity index is 1930. The van der Waals surface area contributed by atoms with E-state index in [1.807, 2.05) is 24.3 Å². The van der Waals surface area contributed by atoms with Crippen molar-refractivity contribution in [2.75, 3.05) is 6.54 Å². The summed E-state index contributed by atoms with van der Waals surface area (Å²) >= 11 is 1.23. The summed E-state index contributed by atoms with van der Waals surface area (Å²) in [5.74, 6) is -1.77. The quantitative estimate of drug-likeness (QED) is 0.255. The minimum Gasteiger partial charge on any atom is -0.421 e. The third-order valence-electron chi connectivity index (χ3n) is 8.01. The standard InChI is InChI=1S/C31H27F2N7O3S/c1-16-37-38-30(43-16)25-21(8-6-18-14-35-39(2)15-18)36-28-22-4-3-11-40(22)31(42)27(28)26(25)23-9-10-24(44-23)29(41)34-13-17-5-7-19(32)20(33)12-17/h5,7,9-10,12,14-15,22H,3-4,6,8,11,13H2,1-2H3,(H,34,41)/t22-/m0/s1. The average Bonchev–Trinajstić information content (AvgIpc) is 3.84. The molecule has 0 bridgehead atoms. The van der Waals surface area contributed by atoms with E-state index in [9.17, 15) is 18.4 Å². The number of halogens is 2. The van der Waals surface area contributed by atoms with Crippen molar-refractivity contribution in [2.24, 2.45) is 7.05 Å². The van der Waals surface area contributed by atoms with Crippen molar-refractivity contribution in [3.8, 4) is 21.9 Å². The highest BCUT2D eigenvalue weighted by Gasteiger charge is 2.44. The molecule has 0 saturated carbocycles. The molecule has 1 fully saturated rings. The number of rotatable bonds is 8. The van der Waals surface area contributed by atoms with E-state index in [0.717, 1.165) is 41.9 Å². The van der Waals surface area contributed by atoms with Crippen molar-refractivity contribution in [1.82, 2.24) is 35.2 Å². The van der Waals surface area contributed by atoms with E-state index in [2.05, 4.69) is 20.6 Å². The summed E-state index contributed by atoms with van der Waals surface area (Å²) in [6, 6.07) is 6.89. The molecule has 1 atom stereocenters. The van der Waals surface area contributed by atoms with Gasteiger partial charge in [-0.3, -0.25) is 19.3 Å². The fourth-order valence-corrected chi connectivity index (χ4v) is 6.96. The van der Waals surface area contributed by atoms with Crippen LogP contribution >= 0.6 is 11.3 Å². The minimum absolute atomic E-state index is 0.0219. The summed E-state index contributed by atoms with van der Waals surface area (Å²) < 4.78 is 34.7. The first kappa shape index (κ1) is 28.0. The van der Waals surface area contributed by atoms with E-state index >= 15 is 0 Å². The van der Waals surface area contributed by atoms with Gasteiger partial charge in [-0.05, 0) is 61.1 Å². The Labute approximate surface area is 254 Å². The molecule has 10 nitrogen and oxygen atoms in total. The van der Waals surface area contributed by atoms with E-state index in [-0.39, 0.29) is 30.3 Å². The van der Waals surface area contributed by atoms with Gasteiger partial charge in [-0.2, -0.15) is 5.10 Å². The summed E-state index contributed by atoms with van der Waals surface area (Å²) in [7, 11) is 1.87. The predicted molar refractivity (Wildman–Crippen MR) is 157 cm³/mol. The molecule has 0 radical (unpaired) electrons. The van der Waals surface area contributed by atoms with Crippen molar-refractivity contribution in [1.29, 1.82) is 0 Å². The van der Waals surface area contributed by atoms with Crippen LogP contribution in [0.1, 0.15) is 67.3 Å². The van der Waals surface area contributed by atoms with Crippen LogP contribution in [0.2, 0.25) is 0 Å². The van der Waals surface area contributed by atoms with Crippen LogP contribution in [0.5, 0.6) is 0 Å². The van der Waals surface area contributed by atoms with Gasteiger partial charge in [0.05, 0.1) is 39.6 Å². The van der Waals surface area contributed by atoms with E-state index in [1.165, 1.54) is 17.4 Å². The van der Waals surface area contributed by atoms with Crippen LogP contribution in [0.4, 0.5) is 8.78 Å². The monoisotopic (exact) mass is 615 g/mol. The van der Waals surface area contributed by atoms with Crippen LogP contribution in [0.25, 0.3) is 21.9 Å². The Balaban J connectivity index is 1.31. The second-order valence-electron chi connectivity index (χ2n) is 11.0. The third kappa shape index (κ3) is 4.96. The van der Waals surface area contributed by atoms with Gasteiger partial charge in [-0.1, -0.05) is 6.07 Å². The number of aromatic nitrogens is 5. The van der Waals surface area contributed by atoms with Gasteiger partial charge in [0.25, 0.3) is 11.8 Å². The molecular formula is C31H27F2N7O3S. The summed E-state index contributed by atoms with van der Waals surface area (Å²) in [4.78, 5) is 35.1. The maximum Gasteiger partial charge on any atom is 0.261 e. The minimum atomic E-state index is -0.977. The number of nitrogens with one attached hydrogen (secondary N) is 1. The number of benzene rings is 1. The van der Waals surface area contributed by atoms with Crippen molar-refractivity contribution in [2.45, 2.75) is 45.2 Å². The van der Waals surface area contributed by atoms with Crippen LogP contribution in [-0.2, 0) is 26.4 Å². The highest BCUT2D eigenvalue weighted by atomic mass is 32.1. The van der Waals surface area contributed by atoms with Gasteiger partial charge in [0.1, 0.15) is 0 Å². The Hall–Kier alpha value is -4.78. The zero-order valence-corrected chi connectivity index (χ0v) is 24.8. The Kier molecular flexibility index (Phi) is 7.04. The highest BCUT2D eigenvalue weighted by molar-refractivity contribution is 7.17. The summed E-state index contributed by atoms with van der Waals surface area (Å²) in [6.45, 7) is 2.38. The molecule has 0 aliphatic carbocycles. The van der Waals surface area contributed by atoms with Crippen LogP contribution in [0.3, 0.4) is 0 Å². The number of nitrogens with zero attached hydrogens (tertiary/aromatic N) is 6. The normalized spacial score (nSPS) is 15.6. The van der Waals surface area contributed by atoms with Gasteiger partial charge < -0.3 is 14.6 Å². The van der Waals surface area contributed by atoms with Crippen LogP contribution in [0.15, 0.2) is 47.1 Å². The number of aryl methyl sites for hydroxylation is 4. The van der Waals surface area contributed by atoms with Crippen molar-refractivity contribution >= 4 is 23.2 Å². The largest absolute Gasteiger partial charge is 0.421 e. The fraction of sp³-hybridized carbons (Fsp3) is 0.290. The number of thiophene rings is 1. The molecule has 1 saturated heterocycles. The molecule has 0 unspecified atom stereocenters. The molecule has 4 aromatic heterocycles. The first-order chi connectivity index (χ1) is 21.3. The Morgan fingerprint density at radius 2 is 1.95 bits per heavy atom. The number of pyridine rings is 1. The molecule has 2 amide bonds. The molecule has 7 rings (SSSR count). The second kappa shape index (κ2) is 11.1. The molecule has 224 valence electrons. The zero-order valence-electron chi connectivity index (χ0n) is 23.9. The lowest BCUT2D eigenvalue weighted by Gasteiger charge is -2.16. The van der Waals surface area contributed by atoms with Gasteiger partial charge in [0.2, 0.25) is 11.8 Å². The van der Waals surface area contributed by atoms with Gasteiger partial charge in [0.15, 0.2) is 11.6 Å². The van der Waals surface area contributed by atoms with E-state index < -0.39 is 11.6 Å². The first-order valence-electron chi connectivity index (χ1n) is 14.2. The lowest BCUT2D eigenvalue weighted by atomic mass is 9.93. The number of fused-ring (bicyclic) bond motifs is 3. The number of hydrogen-bond donors (Lipinski definition) is 1. The molecule has 44 heavy (non-hydrogen) atoms. The van der Waals surface area contributed by atoms with E-state index in [0.29, 0.717) is 57.3 Å². The maximum atomic E-state index is 13.9. The number of hydrogen-bond acceptors (Lipinski definition) is 8. The molecular weight excluding hydrogens is 588 g/mol. The third-order valence-corrected chi connectivity index (χ3v) is 9.11. The lowest BCUT2D eigenvalue weighted by Crippen LogP contribution is -2.23. The summed E-state index contributed by atoms with van der Waals surface area (Å²) in [6.07, 6.45) is 6.70. The van der Waals surface area contributed by atoms with Crippen LogP contribution < -0.4 is 5.32 Å². The smallest absolute Gasteiger partial charge is 0.261 e. The van der Waals surface area contributed by atoms with Gasteiger partial charge in [-0.25, -0.2) is 8.78 Å². The number of carbonyl (C=O) groups excluding carboxylic acids is 2. The maximum absolute atomic E-state index is 13.9. The van der Waals surface area contributed by atoms with Crippen molar-refractivity contribution in [3.63, 3.8) is 0 Å². The molecule has 13 heteroatoms. The first-order valence-corrected chi connectivity index (χ1v) is 15.1. The molecule has 1 aromatic carbocycles. The Morgan fingerprint density at radius 3 is 2.70 bits per heavy atom.